The Kier molecular flexibility index (Phi) is 23.8. The predicted octanol–water partition coefficient (Wildman–Crippen LogP) is 11.7. The molecule has 0 aliphatic carbocycles. The molecule has 0 N–H and O–H groups in total. The Hall–Kier alpha value is -8.80. The van der Waals surface area contributed by atoms with Gasteiger partial charge in [-0.15, -0.1) is 0 Å². The summed E-state index contributed by atoms with van der Waals surface area (Å²) < 4.78 is 99.3. The summed E-state index contributed by atoms with van der Waals surface area (Å²) in [6, 6.07) is 72.5. The fraction of sp³-hybridized carbons (Fsp3) is 0.333. The zero-order valence-corrected chi connectivity index (χ0v) is 53.7. The van der Waals surface area contributed by atoms with E-state index < -0.39 is 122 Å². The Morgan fingerprint density at radius 3 is 0.866 bits per heavy atom. The minimum atomic E-state index is -1.41. The van der Waals surface area contributed by atoms with Crippen molar-refractivity contribution in [3.05, 3.63) is 287 Å². The van der Waals surface area contributed by atoms with E-state index in [4.69, 9.17) is 71.1 Å². The molecule has 0 aromatic heterocycles. The Morgan fingerprint density at radius 2 is 0.526 bits per heavy atom. The highest BCUT2D eigenvalue weighted by atomic mass is 16.8. The van der Waals surface area contributed by atoms with Gasteiger partial charge < -0.3 is 71.1 Å². The first-order valence-electron chi connectivity index (χ1n) is 32.7. The second-order valence-electron chi connectivity index (χ2n) is 23.9. The normalized spacial score (nSPS) is 26.7. The molecule has 0 bridgehead atoms. The highest BCUT2D eigenvalue weighted by Crippen LogP contribution is 2.38. The summed E-state index contributed by atoms with van der Waals surface area (Å²) in [4.78, 5) is 56.5. The van der Waals surface area contributed by atoms with Crippen LogP contribution < -0.4 is 0 Å². The quantitative estimate of drug-likeness (QED) is 0.0303. The van der Waals surface area contributed by atoms with Gasteiger partial charge >= 0.3 is 23.9 Å². The summed E-state index contributed by atoms with van der Waals surface area (Å²) in [6.07, 6.45) is -16.0. The van der Waals surface area contributed by atoms with Crippen LogP contribution in [0, 0.1) is 0 Å². The Balaban J connectivity index is 0.843. The topological polar surface area (TPSA) is 207 Å². The average molecular weight is 1320 g/mol. The van der Waals surface area contributed by atoms with Crippen molar-refractivity contribution >= 4 is 23.9 Å². The zero-order valence-electron chi connectivity index (χ0n) is 53.7. The van der Waals surface area contributed by atoms with E-state index in [1.807, 2.05) is 135 Å². The highest BCUT2D eigenvalue weighted by molar-refractivity contribution is 5.91. The van der Waals surface area contributed by atoms with Crippen LogP contribution in [-0.2, 0) is 97.5 Å². The SMILES string of the molecule is CC[C@@H]1O[C@@H](OC[C@@H]2O[C@H](OC[C@@H]3O[C@@H](OC[C@@H]4O[C@H](C)[C@@H](OCc5ccccc5)C4OCc4ccccc4)[C@@H](OC(=O)c4ccccc4)C3OC(=O)c3ccccc3)[C@@H](OCc3ccccc3)C2OCc2ccccc2)[C@@H](OC(=O)c2ccccc2)C1OC(=O)c1ccccc1. The lowest BCUT2D eigenvalue weighted by Gasteiger charge is -2.27. The molecule has 4 saturated heterocycles. The van der Waals surface area contributed by atoms with E-state index in [2.05, 4.69) is 0 Å². The van der Waals surface area contributed by atoms with Gasteiger partial charge in [0.25, 0.3) is 0 Å². The Morgan fingerprint density at radius 1 is 0.278 bits per heavy atom. The smallest absolute Gasteiger partial charge is 0.338 e. The fourth-order valence-electron chi connectivity index (χ4n) is 12.2. The maximum absolute atomic E-state index is 14.4. The largest absolute Gasteiger partial charge is 0.452 e. The van der Waals surface area contributed by atoms with Crippen LogP contribution in [0.2, 0.25) is 0 Å². The first-order chi connectivity index (χ1) is 47.6. The van der Waals surface area contributed by atoms with Gasteiger partial charge in [0, 0.05) is 0 Å². The molecule has 4 aliphatic rings. The number of hydrogen-bond acceptors (Lipinski definition) is 19. The van der Waals surface area contributed by atoms with Crippen molar-refractivity contribution in [2.75, 3.05) is 19.8 Å². The first-order valence-corrected chi connectivity index (χ1v) is 32.7. The van der Waals surface area contributed by atoms with Crippen LogP contribution in [0.25, 0.3) is 0 Å². The molecule has 12 rings (SSSR count). The second-order valence-corrected chi connectivity index (χ2v) is 23.9. The molecule has 0 spiro atoms. The number of hydrogen-bond donors (Lipinski definition) is 0. The number of ether oxygens (including phenoxy) is 15. The lowest BCUT2D eigenvalue weighted by molar-refractivity contribution is -0.225. The fourth-order valence-corrected chi connectivity index (χ4v) is 12.2. The molecule has 4 unspecified atom stereocenters. The number of benzene rings is 8. The number of esters is 4. The molecule has 0 amide bonds. The number of rotatable bonds is 30. The van der Waals surface area contributed by atoms with Gasteiger partial charge in [-0.2, -0.15) is 0 Å². The Labute approximate surface area is 563 Å². The van der Waals surface area contributed by atoms with Crippen LogP contribution in [0.5, 0.6) is 0 Å². The van der Waals surface area contributed by atoms with Crippen molar-refractivity contribution < 1.29 is 90.2 Å². The van der Waals surface area contributed by atoms with Crippen molar-refractivity contribution in [2.24, 2.45) is 0 Å². The van der Waals surface area contributed by atoms with E-state index in [9.17, 15) is 19.2 Å². The molecule has 19 nitrogen and oxygen atoms in total. The molecule has 0 saturated carbocycles. The third-order valence-corrected chi connectivity index (χ3v) is 17.2. The predicted molar refractivity (Wildman–Crippen MR) is 351 cm³/mol. The lowest BCUT2D eigenvalue weighted by atomic mass is 10.1. The highest BCUT2D eigenvalue weighted by Gasteiger charge is 2.56. The Bertz CT molecular complexity index is 3710. The third kappa shape index (κ3) is 17.9. The molecular formula is C78H78O19. The van der Waals surface area contributed by atoms with Crippen LogP contribution in [-0.4, -0.2) is 142 Å². The van der Waals surface area contributed by atoms with Crippen LogP contribution in [0.4, 0.5) is 0 Å². The van der Waals surface area contributed by atoms with Crippen LogP contribution in [0.1, 0.15) is 84.0 Å². The molecule has 4 heterocycles. The molecule has 0 radical (unpaired) electrons. The number of carbonyl (C=O) groups excluding carboxylic acids is 4. The second kappa shape index (κ2) is 33.9. The van der Waals surface area contributed by atoms with Gasteiger partial charge in [-0.3, -0.25) is 0 Å². The third-order valence-electron chi connectivity index (χ3n) is 17.2. The maximum Gasteiger partial charge on any atom is 0.338 e. The van der Waals surface area contributed by atoms with Gasteiger partial charge in [0.1, 0.15) is 48.8 Å². The summed E-state index contributed by atoms with van der Waals surface area (Å²) >= 11 is 0. The summed E-state index contributed by atoms with van der Waals surface area (Å²) in [5, 5.41) is 0. The molecule has 8 aromatic rings. The van der Waals surface area contributed by atoms with Gasteiger partial charge in [-0.1, -0.05) is 201 Å². The van der Waals surface area contributed by atoms with Crippen LogP contribution in [0.15, 0.2) is 243 Å². The van der Waals surface area contributed by atoms with Crippen LogP contribution in [0.3, 0.4) is 0 Å². The lowest BCUT2D eigenvalue weighted by Crippen LogP contribution is -2.44. The minimum absolute atomic E-state index is 0.0874. The minimum Gasteiger partial charge on any atom is -0.452 e. The van der Waals surface area contributed by atoms with Crippen molar-refractivity contribution in [2.45, 2.75) is 145 Å². The van der Waals surface area contributed by atoms with E-state index in [0.717, 1.165) is 22.3 Å². The van der Waals surface area contributed by atoms with Crippen molar-refractivity contribution in [1.82, 2.24) is 0 Å². The zero-order chi connectivity index (χ0) is 66.7. The van der Waals surface area contributed by atoms with Gasteiger partial charge in [-0.05, 0) is 84.1 Å². The van der Waals surface area contributed by atoms with Crippen LogP contribution >= 0.6 is 0 Å². The maximum atomic E-state index is 14.4. The number of carbonyl (C=O) groups is 4. The molecule has 504 valence electrons. The summed E-state index contributed by atoms with van der Waals surface area (Å²) in [5.74, 6) is -2.81. The van der Waals surface area contributed by atoms with E-state index in [1.54, 1.807) is 121 Å². The monoisotopic (exact) mass is 1320 g/mol. The standard InChI is InChI=1S/C78H78O19/c1-3-60-67(94-72(79)56-36-20-8-21-37-56)70(96-74(81)58-40-24-10-25-41-58)77(91-60)89-49-62-66(85-46-54-32-16-6-17-33-54)69(86-47-55-34-18-7-19-35-55)76(92-62)87-50-63-68(95-73(80)57-38-22-9-23-39-57)71(97-75(82)59-42-26-11-27-43-59)78(93-63)88-48-61-65(84-45-53-30-14-5-15-31-53)64(51(2)90-61)83-44-52-28-12-4-13-29-52/h4-43,51,60-71,76-78H,3,44-50H2,1-2H3/t51-,60+,61+,62+,63+,64-,65?,66?,67?,68?,69+,70+,71+,76+,77-,78-/m1/s1. The van der Waals surface area contributed by atoms with Gasteiger partial charge in [0.15, 0.2) is 43.3 Å². The van der Waals surface area contributed by atoms with Gasteiger partial charge in [0.2, 0.25) is 0 Å². The first kappa shape index (κ1) is 68.2. The summed E-state index contributed by atoms with van der Waals surface area (Å²) in [6.45, 7) is 3.73. The van der Waals surface area contributed by atoms with Crippen molar-refractivity contribution in [1.29, 1.82) is 0 Å². The molecule has 4 fully saturated rings. The summed E-state index contributed by atoms with van der Waals surface area (Å²) in [5.41, 5.74) is 4.59. The molecule has 19 heteroatoms. The van der Waals surface area contributed by atoms with Crippen molar-refractivity contribution in [3.63, 3.8) is 0 Å². The van der Waals surface area contributed by atoms with Crippen molar-refractivity contribution in [3.8, 4) is 0 Å². The molecule has 4 aliphatic heterocycles. The van der Waals surface area contributed by atoms with Gasteiger partial charge in [-0.25, -0.2) is 19.2 Å². The van der Waals surface area contributed by atoms with E-state index in [1.165, 1.54) is 0 Å². The molecule has 8 aromatic carbocycles. The van der Waals surface area contributed by atoms with E-state index in [0.29, 0.717) is 18.6 Å². The van der Waals surface area contributed by atoms with Gasteiger partial charge in [0.05, 0.1) is 74.6 Å². The summed E-state index contributed by atoms with van der Waals surface area (Å²) in [7, 11) is 0. The molecule has 16 atom stereocenters. The molecule has 97 heavy (non-hydrogen) atoms. The van der Waals surface area contributed by atoms with E-state index >= 15 is 0 Å². The average Bonchev–Trinajstić information content (AvgIpc) is 1.69. The van der Waals surface area contributed by atoms with E-state index in [-0.39, 0.29) is 56.3 Å². The molecular weight excluding hydrogens is 1240 g/mol.